The summed E-state index contributed by atoms with van der Waals surface area (Å²) in [6, 6.07) is 10.2. The maximum atomic E-state index is 10.4. The van der Waals surface area contributed by atoms with Gasteiger partial charge in [0.2, 0.25) is 0 Å². The second-order valence-corrected chi connectivity index (χ2v) is 6.86. The number of nitrogens with zero attached hydrogens (tertiary/aromatic N) is 1. The molecule has 22 heavy (non-hydrogen) atoms. The molecule has 1 aliphatic rings. The van der Waals surface area contributed by atoms with Crippen LogP contribution in [0, 0.1) is 0 Å². The first-order chi connectivity index (χ1) is 10.5. The number of anilines is 1. The van der Waals surface area contributed by atoms with Crippen LogP contribution in [0.3, 0.4) is 0 Å². The van der Waals surface area contributed by atoms with Crippen molar-refractivity contribution < 1.29 is 5.11 Å². The van der Waals surface area contributed by atoms with Gasteiger partial charge in [0.1, 0.15) is 5.60 Å². The highest BCUT2D eigenvalue weighted by atomic mass is 32.1. The van der Waals surface area contributed by atoms with Crippen molar-refractivity contribution in [2.45, 2.75) is 31.8 Å². The molecule has 1 aliphatic carbocycles. The molecule has 0 amide bonds. The van der Waals surface area contributed by atoms with E-state index < -0.39 is 5.60 Å². The standard InChI is InChI=1S/C17H21N3OS/c1-17(21,15-6-3-9-22-15)11-19-16(18)20-14-8-7-12-4-2-5-13(12)10-14/h3,6-10,21H,2,4-5,11H2,1H3,(H3,18,19,20). The van der Waals surface area contributed by atoms with Crippen LogP contribution in [0.5, 0.6) is 0 Å². The molecule has 2 aromatic rings. The molecule has 5 heteroatoms. The highest BCUT2D eigenvalue weighted by Gasteiger charge is 2.23. The fourth-order valence-corrected chi connectivity index (χ4v) is 3.52. The highest BCUT2D eigenvalue weighted by Crippen LogP contribution is 2.26. The third kappa shape index (κ3) is 3.31. The van der Waals surface area contributed by atoms with Crippen LogP contribution < -0.4 is 11.1 Å². The molecule has 0 radical (unpaired) electrons. The van der Waals surface area contributed by atoms with Crippen LogP contribution in [0.1, 0.15) is 29.3 Å². The number of thiophene rings is 1. The van der Waals surface area contributed by atoms with Gasteiger partial charge in [0.05, 0.1) is 6.54 Å². The summed E-state index contributed by atoms with van der Waals surface area (Å²) in [5.74, 6) is 0.328. The fourth-order valence-electron chi connectivity index (χ4n) is 2.74. The summed E-state index contributed by atoms with van der Waals surface area (Å²) in [6.07, 6.45) is 3.53. The van der Waals surface area contributed by atoms with E-state index in [2.05, 4.69) is 22.4 Å². The van der Waals surface area contributed by atoms with Crippen LogP contribution in [0.4, 0.5) is 5.69 Å². The van der Waals surface area contributed by atoms with Gasteiger partial charge in [-0.1, -0.05) is 12.1 Å². The third-order valence-electron chi connectivity index (χ3n) is 3.98. The predicted octanol–water partition coefficient (Wildman–Crippen LogP) is 2.87. The zero-order valence-electron chi connectivity index (χ0n) is 12.7. The van der Waals surface area contributed by atoms with E-state index in [1.54, 1.807) is 6.92 Å². The first-order valence-corrected chi connectivity index (χ1v) is 8.38. The largest absolute Gasteiger partial charge is 0.383 e. The molecular formula is C17H21N3OS. The highest BCUT2D eigenvalue weighted by molar-refractivity contribution is 7.10. The van der Waals surface area contributed by atoms with Gasteiger partial charge < -0.3 is 16.2 Å². The summed E-state index contributed by atoms with van der Waals surface area (Å²) >= 11 is 1.52. The van der Waals surface area contributed by atoms with Gasteiger partial charge >= 0.3 is 0 Å². The summed E-state index contributed by atoms with van der Waals surface area (Å²) in [4.78, 5) is 5.17. The van der Waals surface area contributed by atoms with Crippen molar-refractivity contribution in [2.75, 3.05) is 11.9 Å². The summed E-state index contributed by atoms with van der Waals surface area (Å²) in [5.41, 5.74) is 8.74. The normalized spacial score (nSPS) is 17.1. The molecule has 3 rings (SSSR count). The quantitative estimate of drug-likeness (QED) is 0.600. The van der Waals surface area contributed by atoms with E-state index in [0.29, 0.717) is 5.96 Å². The second-order valence-electron chi connectivity index (χ2n) is 5.91. The third-order valence-corrected chi connectivity index (χ3v) is 5.10. The van der Waals surface area contributed by atoms with Gasteiger partial charge in [0.15, 0.2) is 5.96 Å². The van der Waals surface area contributed by atoms with Crippen LogP contribution in [0.25, 0.3) is 0 Å². The summed E-state index contributed by atoms with van der Waals surface area (Å²) in [5, 5.41) is 15.5. The molecule has 0 aliphatic heterocycles. The van der Waals surface area contributed by atoms with Crippen molar-refractivity contribution in [2.24, 2.45) is 10.7 Å². The van der Waals surface area contributed by atoms with Gasteiger partial charge in [-0.15, -0.1) is 11.3 Å². The van der Waals surface area contributed by atoms with Gasteiger partial charge in [-0.2, -0.15) is 0 Å². The average molecular weight is 315 g/mol. The van der Waals surface area contributed by atoms with E-state index in [9.17, 15) is 5.11 Å². The Labute approximate surface area is 134 Å². The van der Waals surface area contributed by atoms with Crippen molar-refractivity contribution in [3.05, 3.63) is 51.7 Å². The number of hydrogen-bond donors (Lipinski definition) is 3. The summed E-state index contributed by atoms with van der Waals surface area (Å²) < 4.78 is 0. The Kier molecular flexibility index (Phi) is 4.18. The molecule has 0 bridgehead atoms. The summed E-state index contributed by atoms with van der Waals surface area (Å²) in [6.45, 7) is 1.99. The Balaban J connectivity index is 1.65. The van der Waals surface area contributed by atoms with Gasteiger partial charge in [-0.05, 0) is 60.9 Å². The molecule has 0 saturated heterocycles. The van der Waals surface area contributed by atoms with Crippen molar-refractivity contribution >= 4 is 23.0 Å². The van der Waals surface area contributed by atoms with Crippen LogP contribution in [0.2, 0.25) is 0 Å². The Morgan fingerprint density at radius 3 is 2.95 bits per heavy atom. The minimum absolute atomic E-state index is 0.233. The lowest BCUT2D eigenvalue weighted by Crippen LogP contribution is -2.29. The first kappa shape index (κ1) is 15.1. The number of aliphatic imine (C=N–C) groups is 1. The topological polar surface area (TPSA) is 70.6 Å². The lowest BCUT2D eigenvalue weighted by atomic mass is 10.1. The lowest BCUT2D eigenvalue weighted by Gasteiger charge is -2.19. The molecule has 1 aromatic heterocycles. The maximum Gasteiger partial charge on any atom is 0.193 e. The van der Waals surface area contributed by atoms with Crippen molar-refractivity contribution in [3.63, 3.8) is 0 Å². The Hall–Kier alpha value is -1.85. The number of nitrogens with one attached hydrogen (secondary N) is 1. The van der Waals surface area contributed by atoms with E-state index in [4.69, 9.17) is 5.73 Å². The number of hydrogen-bond acceptors (Lipinski definition) is 3. The second kappa shape index (κ2) is 6.10. The monoisotopic (exact) mass is 315 g/mol. The SMILES string of the molecule is CC(O)(CN=C(N)Nc1ccc2c(c1)CCC2)c1cccs1. The smallest absolute Gasteiger partial charge is 0.193 e. The van der Waals surface area contributed by atoms with Crippen LogP contribution in [-0.4, -0.2) is 17.6 Å². The molecule has 4 N–H and O–H groups in total. The summed E-state index contributed by atoms with van der Waals surface area (Å²) in [7, 11) is 0. The van der Waals surface area contributed by atoms with Gasteiger partial charge in [0, 0.05) is 10.6 Å². The van der Waals surface area contributed by atoms with Crippen molar-refractivity contribution in [1.29, 1.82) is 0 Å². The van der Waals surface area contributed by atoms with Crippen LogP contribution >= 0.6 is 11.3 Å². The van der Waals surface area contributed by atoms with E-state index in [0.717, 1.165) is 17.0 Å². The average Bonchev–Trinajstić information content (AvgIpc) is 3.16. The molecule has 1 aromatic carbocycles. The Bertz CT molecular complexity index is 677. The van der Waals surface area contributed by atoms with E-state index in [1.807, 2.05) is 23.6 Å². The van der Waals surface area contributed by atoms with Crippen molar-refractivity contribution in [1.82, 2.24) is 0 Å². The van der Waals surface area contributed by atoms with Crippen molar-refractivity contribution in [3.8, 4) is 0 Å². The molecule has 1 unspecified atom stereocenters. The van der Waals surface area contributed by atoms with Crippen LogP contribution in [-0.2, 0) is 18.4 Å². The number of nitrogens with two attached hydrogens (primary N) is 1. The number of fused-ring (bicyclic) bond motifs is 1. The predicted molar refractivity (Wildman–Crippen MR) is 92.5 cm³/mol. The Morgan fingerprint density at radius 2 is 2.18 bits per heavy atom. The minimum Gasteiger partial charge on any atom is -0.383 e. The van der Waals surface area contributed by atoms with Crippen LogP contribution in [0.15, 0.2) is 40.7 Å². The molecule has 1 heterocycles. The van der Waals surface area contributed by atoms with E-state index in [-0.39, 0.29) is 6.54 Å². The fraction of sp³-hybridized carbons (Fsp3) is 0.353. The van der Waals surface area contributed by atoms with Gasteiger partial charge in [-0.3, -0.25) is 0 Å². The number of guanidine groups is 1. The number of aliphatic hydroxyl groups is 1. The number of benzene rings is 1. The molecular weight excluding hydrogens is 294 g/mol. The number of aryl methyl sites for hydroxylation is 2. The van der Waals surface area contributed by atoms with Gasteiger partial charge in [-0.25, -0.2) is 4.99 Å². The Morgan fingerprint density at radius 1 is 1.36 bits per heavy atom. The van der Waals surface area contributed by atoms with E-state index >= 15 is 0 Å². The molecule has 116 valence electrons. The lowest BCUT2D eigenvalue weighted by molar-refractivity contribution is 0.0713. The molecule has 4 nitrogen and oxygen atoms in total. The molecule has 1 atom stereocenters. The molecule has 0 spiro atoms. The molecule has 0 fully saturated rings. The minimum atomic E-state index is -0.988. The zero-order chi connectivity index (χ0) is 15.6. The number of rotatable bonds is 4. The maximum absolute atomic E-state index is 10.4. The van der Waals surface area contributed by atoms with Gasteiger partial charge in [0.25, 0.3) is 0 Å². The first-order valence-electron chi connectivity index (χ1n) is 7.50. The zero-order valence-corrected chi connectivity index (χ0v) is 13.5. The molecule has 0 saturated carbocycles. The van der Waals surface area contributed by atoms with E-state index in [1.165, 1.54) is 35.3 Å².